The van der Waals surface area contributed by atoms with E-state index in [9.17, 15) is 0 Å². The Morgan fingerprint density at radius 3 is 2.90 bits per heavy atom. The van der Waals surface area contributed by atoms with E-state index < -0.39 is 0 Å². The molecule has 0 bridgehead atoms. The van der Waals surface area contributed by atoms with Crippen molar-refractivity contribution in [2.24, 2.45) is 13.0 Å². The largest absolute Gasteiger partial charge is 0.390 e. The first-order valence-electron chi connectivity index (χ1n) is 6.77. The maximum Gasteiger partial charge on any atom is 0.168 e. The summed E-state index contributed by atoms with van der Waals surface area (Å²) < 4.78 is 1.93. The normalized spacial score (nSPS) is 11.4. The van der Waals surface area contributed by atoms with Crippen LogP contribution in [0.3, 0.4) is 0 Å². The molecule has 2 rings (SSSR count). The lowest BCUT2D eigenvalue weighted by atomic mass is 10.1. The van der Waals surface area contributed by atoms with Crippen LogP contribution in [0.5, 0.6) is 0 Å². The number of nitrogens with zero attached hydrogens (tertiary/aromatic N) is 3. The van der Waals surface area contributed by atoms with E-state index in [-0.39, 0.29) is 6.61 Å². The zero-order valence-electron chi connectivity index (χ0n) is 12.2. The van der Waals surface area contributed by atoms with Gasteiger partial charge in [-0.15, -0.1) is 11.3 Å². The number of aryl methyl sites for hydroxylation is 1. The number of aliphatic hydroxyl groups excluding tert-OH is 1. The number of thiazole rings is 1. The highest BCUT2D eigenvalue weighted by Crippen LogP contribution is 2.23. The average molecular weight is 311 g/mol. The van der Waals surface area contributed by atoms with E-state index >= 15 is 0 Å². The van der Waals surface area contributed by atoms with Crippen molar-refractivity contribution >= 4 is 23.1 Å². The van der Waals surface area contributed by atoms with Crippen molar-refractivity contribution in [3.63, 3.8) is 0 Å². The van der Waals surface area contributed by atoms with E-state index in [1.165, 1.54) is 11.4 Å². The molecule has 0 amide bonds. The molecule has 0 saturated heterocycles. The minimum absolute atomic E-state index is 0.0279. The lowest BCUT2D eigenvalue weighted by Gasteiger charge is -2.02. The molecule has 0 aromatic carbocycles. The molecule has 6 heteroatoms. The van der Waals surface area contributed by atoms with E-state index in [1.807, 2.05) is 11.6 Å². The van der Waals surface area contributed by atoms with Crippen LogP contribution in [-0.4, -0.2) is 19.6 Å². The summed E-state index contributed by atoms with van der Waals surface area (Å²) in [5.41, 5.74) is 1.95. The van der Waals surface area contributed by atoms with Crippen molar-refractivity contribution in [1.29, 1.82) is 0 Å². The lowest BCUT2D eigenvalue weighted by molar-refractivity contribution is 0.271. The first-order valence-corrected chi connectivity index (χ1v) is 8.64. The quantitative estimate of drug-likeness (QED) is 0.798. The Bertz CT molecular complexity index is 548. The van der Waals surface area contributed by atoms with Gasteiger partial charge in [0, 0.05) is 18.2 Å². The molecule has 0 aliphatic rings. The second kappa shape index (κ2) is 7.24. The lowest BCUT2D eigenvalue weighted by Crippen LogP contribution is -1.97. The summed E-state index contributed by atoms with van der Waals surface area (Å²) in [4.78, 5) is 8.97. The zero-order valence-corrected chi connectivity index (χ0v) is 13.8. The number of hydrogen-bond donors (Lipinski definition) is 1. The fourth-order valence-electron chi connectivity index (χ4n) is 1.79. The van der Waals surface area contributed by atoms with Crippen molar-refractivity contribution in [2.75, 3.05) is 0 Å². The smallest absolute Gasteiger partial charge is 0.168 e. The summed E-state index contributed by atoms with van der Waals surface area (Å²) in [6.07, 6.45) is 3.99. The van der Waals surface area contributed by atoms with Gasteiger partial charge < -0.3 is 9.67 Å². The molecule has 0 atom stereocenters. The molecule has 0 unspecified atom stereocenters. The van der Waals surface area contributed by atoms with Crippen LogP contribution in [0.2, 0.25) is 0 Å². The summed E-state index contributed by atoms with van der Waals surface area (Å²) in [5.74, 6) is 1.55. The van der Waals surface area contributed by atoms with Gasteiger partial charge in [0.05, 0.1) is 29.2 Å². The highest BCUT2D eigenvalue weighted by atomic mass is 32.2. The van der Waals surface area contributed by atoms with Crippen molar-refractivity contribution in [3.8, 4) is 0 Å². The minimum atomic E-state index is 0.0279. The third kappa shape index (κ3) is 4.07. The molecule has 20 heavy (non-hydrogen) atoms. The van der Waals surface area contributed by atoms with Gasteiger partial charge in [-0.05, 0) is 18.8 Å². The topological polar surface area (TPSA) is 50.9 Å². The maximum absolute atomic E-state index is 9.14. The first kappa shape index (κ1) is 15.5. The maximum atomic E-state index is 9.14. The zero-order chi connectivity index (χ0) is 14.5. The van der Waals surface area contributed by atoms with Crippen molar-refractivity contribution in [3.05, 3.63) is 28.0 Å². The molecular weight excluding hydrogens is 290 g/mol. The molecule has 2 aromatic heterocycles. The number of rotatable bonds is 7. The van der Waals surface area contributed by atoms with Crippen molar-refractivity contribution < 1.29 is 5.11 Å². The fraction of sp³-hybridized carbons (Fsp3) is 0.571. The Morgan fingerprint density at radius 1 is 1.45 bits per heavy atom. The van der Waals surface area contributed by atoms with Gasteiger partial charge in [-0.25, -0.2) is 9.97 Å². The Balaban J connectivity index is 1.89. The summed E-state index contributed by atoms with van der Waals surface area (Å²) in [7, 11) is 1.93. The van der Waals surface area contributed by atoms with Gasteiger partial charge in [-0.1, -0.05) is 25.6 Å². The van der Waals surface area contributed by atoms with E-state index in [1.54, 1.807) is 29.3 Å². The average Bonchev–Trinajstić information content (AvgIpc) is 3.01. The van der Waals surface area contributed by atoms with Gasteiger partial charge >= 0.3 is 0 Å². The molecule has 4 nitrogen and oxygen atoms in total. The second-order valence-corrected chi connectivity index (χ2v) is 7.09. The van der Waals surface area contributed by atoms with Crippen LogP contribution in [0.1, 0.15) is 36.7 Å². The van der Waals surface area contributed by atoms with Crippen LogP contribution in [-0.2, 0) is 25.8 Å². The van der Waals surface area contributed by atoms with Crippen LogP contribution in [0, 0.1) is 5.92 Å². The summed E-state index contributed by atoms with van der Waals surface area (Å²) >= 11 is 3.41. The van der Waals surface area contributed by atoms with E-state index in [2.05, 4.69) is 29.2 Å². The predicted molar refractivity (Wildman–Crippen MR) is 84.0 cm³/mol. The van der Waals surface area contributed by atoms with Crippen LogP contribution >= 0.6 is 23.1 Å². The molecule has 110 valence electrons. The van der Waals surface area contributed by atoms with Crippen LogP contribution in [0.25, 0.3) is 0 Å². The number of imidazole rings is 1. The first-order chi connectivity index (χ1) is 9.60. The van der Waals surface area contributed by atoms with Gasteiger partial charge in [-0.2, -0.15) is 0 Å². The van der Waals surface area contributed by atoms with Gasteiger partial charge in [0.25, 0.3) is 0 Å². The number of aliphatic hydroxyl groups is 1. The molecule has 0 spiro atoms. The molecule has 0 radical (unpaired) electrons. The fourth-order valence-corrected chi connectivity index (χ4v) is 3.57. The third-order valence-corrected chi connectivity index (χ3v) is 5.12. The molecule has 1 N–H and O–H groups in total. The Kier molecular flexibility index (Phi) is 5.63. The predicted octanol–water partition coefficient (Wildman–Crippen LogP) is 3.25. The molecule has 0 aliphatic heterocycles. The monoisotopic (exact) mass is 311 g/mol. The van der Waals surface area contributed by atoms with E-state index in [0.717, 1.165) is 34.6 Å². The molecule has 2 aromatic rings. The van der Waals surface area contributed by atoms with Crippen molar-refractivity contribution in [2.45, 2.75) is 44.2 Å². The van der Waals surface area contributed by atoms with Crippen LogP contribution in [0.15, 0.2) is 16.7 Å². The van der Waals surface area contributed by atoms with Gasteiger partial charge in [0.15, 0.2) is 5.16 Å². The van der Waals surface area contributed by atoms with Crippen molar-refractivity contribution in [1.82, 2.24) is 14.5 Å². The molecule has 0 aliphatic carbocycles. The standard InChI is InChI=1S/C14H21N3OS2/c1-10(2)4-5-13-16-11(8-19-13)9-20-14-15-6-12(7-18)17(14)3/h6,8,10,18H,4-5,7,9H2,1-3H3. The Labute approximate surface area is 128 Å². The Morgan fingerprint density at radius 2 is 2.25 bits per heavy atom. The summed E-state index contributed by atoms with van der Waals surface area (Å²) in [6, 6.07) is 0. The number of aromatic nitrogens is 3. The van der Waals surface area contributed by atoms with Crippen LogP contribution < -0.4 is 0 Å². The third-order valence-electron chi connectivity index (χ3n) is 3.09. The molecule has 2 heterocycles. The van der Waals surface area contributed by atoms with Gasteiger partial charge in [0.1, 0.15) is 0 Å². The highest BCUT2D eigenvalue weighted by Gasteiger charge is 2.08. The SMILES string of the molecule is CC(C)CCc1nc(CSc2ncc(CO)n2C)cs1. The number of hydrogen-bond acceptors (Lipinski definition) is 5. The number of thioether (sulfide) groups is 1. The summed E-state index contributed by atoms with van der Waals surface area (Å²) in [6.45, 7) is 4.51. The second-order valence-electron chi connectivity index (χ2n) is 5.20. The van der Waals surface area contributed by atoms with E-state index in [0.29, 0.717) is 0 Å². The summed E-state index contributed by atoms with van der Waals surface area (Å²) in [5, 5.41) is 13.4. The minimum Gasteiger partial charge on any atom is -0.390 e. The van der Waals surface area contributed by atoms with Gasteiger partial charge in [-0.3, -0.25) is 0 Å². The van der Waals surface area contributed by atoms with Gasteiger partial charge in [0.2, 0.25) is 0 Å². The van der Waals surface area contributed by atoms with Crippen LogP contribution in [0.4, 0.5) is 0 Å². The molecule has 0 fully saturated rings. The Hall–Kier alpha value is -0.850. The molecular formula is C14H21N3OS2. The highest BCUT2D eigenvalue weighted by molar-refractivity contribution is 7.98. The molecule has 0 saturated carbocycles. The van der Waals surface area contributed by atoms with E-state index in [4.69, 9.17) is 5.11 Å².